The van der Waals surface area contributed by atoms with Gasteiger partial charge in [0.15, 0.2) is 0 Å². The average molecular weight is 533 g/mol. The van der Waals surface area contributed by atoms with E-state index in [4.69, 9.17) is 16.3 Å². The molecule has 0 fully saturated rings. The molecule has 2 amide bonds. The minimum Gasteiger partial charge on any atom is -0.496 e. The molecule has 3 heterocycles. The first-order chi connectivity index (χ1) is 18.4. The molecular weight excluding hydrogens is 504 g/mol. The maximum Gasteiger partial charge on any atom is 0.269 e. The number of carbonyl (C=O) groups is 2. The molecule has 0 unspecified atom stereocenters. The predicted octanol–water partition coefficient (Wildman–Crippen LogP) is 4.50. The maximum absolute atomic E-state index is 13.0. The number of halogens is 1. The quantitative estimate of drug-likeness (QED) is 0.378. The van der Waals surface area contributed by atoms with Gasteiger partial charge in [0.1, 0.15) is 11.4 Å². The lowest BCUT2D eigenvalue weighted by Crippen LogP contribution is -2.36. The Morgan fingerprint density at radius 1 is 1.21 bits per heavy atom. The summed E-state index contributed by atoms with van der Waals surface area (Å²) in [4.78, 5) is 32.5. The molecule has 1 aliphatic rings. The Kier molecular flexibility index (Phi) is 7.20. The molecule has 2 aromatic heterocycles. The van der Waals surface area contributed by atoms with E-state index in [1.807, 2.05) is 35.2 Å². The van der Waals surface area contributed by atoms with Gasteiger partial charge in [-0.05, 0) is 53.5 Å². The van der Waals surface area contributed by atoms with Crippen LogP contribution in [0.15, 0.2) is 54.9 Å². The lowest BCUT2D eigenvalue weighted by atomic mass is 9.93. The van der Waals surface area contributed by atoms with E-state index < -0.39 is 0 Å². The number of amides is 2. The minimum atomic E-state index is -0.124. The van der Waals surface area contributed by atoms with Crippen molar-refractivity contribution < 1.29 is 14.3 Å². The maximum atomic E-state index is 13.0. The molecule has 0 radical (unpaired) electrons. The molecule has 0 aliphatic carbocycles. The summed E-state index contributed by atoms with van der Waals surface area (Å²) in [5, 5.41) is 9.15. The molecule has 2 aromatic carbocycles. The van der Waals surface area contributed by atoms with Crippen molar-refractivity contribution in [3.8, 4) is 16.9 Å². The summed E-state index contributed by atoms with van der Waals surface area (Å²) < 4.78 is 7.32. The molecule has 1 aliphatic heterocycles. The van der Waals surface area contributed by atoms with Gasteiger partial charge in [-0.2, -0.15) is 0 Å². The van der Waals surface area contributed by atoms with Gasteiger partial charge in [-0.3, -0.25) is 14.3 Å². The standard InChI is InChI=1S/C28H29ClN6O3/c1-33(2)28(37)24-16-20-21(27-22(29)7-4-8-25(27)38-3)14-19(15-23(20)31-24)18-6-5-11-34(17-18)26(36)9-12-35-13-10-30-32-35/h4,6-8,10,13-16,31H,5,9,11-12,17H2,1-3H3. The zero-order chi connectivity index (χ0) is 26.8. The van der Waals surface area contributed by atoms with Gasteiger partial charge in [0, 0.05) is 56.3 Å². The van der Waals surface area contributed by atoms with Crippen LogP contribution in [0.4, 0.5) is 0 Å². The fourth-order valence-electron chi connectivity index (χ4n) is 4.81. The molecule has 38 heavy (non-hydrogen) atoms. The zero-order valence-electron chi connectivity index (χ0n) is 21.6. The Morgan fingerprint density at radius 3 is 2.79 bits per heavy atom. The van der Waals surface area contributed by atoms with Crippen molar-refractivity contribution in [2.75, 3.05) is 34.3 Å². The van der Waals surface area contributed by atoms with Crippen molar-refractivity contribution in [3.05, 3.63) is 71.1 Å². The Bertz CT molecular complexity index is 1520. The number of benzene rings is 2. The van der Waals surface area contributed by atoms with Gasteiger partial charge in [0.25, 0.3) is 5.91 Å². The number of methoxy groups -OCH3 is 1. The Labute approximate surface area is 225 Å². The highest BCUT2D eigenvalue weighted by Crippen LogP contribution is 2.42. The van der Waals surface area contributed by atoms with Crippen LogP contribution >= 0.6 is 11.6 Å². The van der Waals surface area contributed by atoms with E-state index >= 15 is 0 Å². The summed E-state index contributed by atoms with van der Waals surface area (Å²) in [7, 11) is 5.05. The molecule has 0 spiro atoms. The highest BCUT2D eigenvalue weighted by Gasteiger charge is 2.23. The third-order valence-electron chi connectivity index (χ3n) is 6.74. The molecule has 5 rings (SSSR count). The van der Waals surface area contributed by atoms with E-state index in [1.54, 1.807) is 38.3 Å². The Balaban J connectivity index is 1.54. The normalized spacial score (nSPS) is 13.5. The van der Waals surface area contributed by atoms with Crippen LogP contribution in [0.3, 0.4) is 0 Å². The van der Waals surface area contributed by atoms with E-state index in [-0.39, 0.29) is 11.8 Å². The molecule has 10 heteroatoms. The number of rotatable bonds is 7. The number of aryl methyl sites for hydroxylation is 1. The van der Waals surface area contributed by atoms with Crippen LogP contribution in [0, 0.1) is 0 Å². The zero-order valence-corrected chi connectivity index (χ0v) is 22.3. The molecule has 0 saturated carbocycles. The van der Waals surface area contributed by atoms with E-state index in [0.29, 0.717) is 42.5 Å². The van der Waals surface area contributed by atoms with E-state index in [9.17, 15) is 9.59 Å². The van der Waals surface area contributed by atoms with Crippen molar-refractivity contribution in [1.82, 2.24) is 29.8 Å². The summed E-state index contributed by atoms with van der Waals surface area (Å²) in [6.45, 7) is 1.64. The number of ether oxygens (including phenoxy) is 1. The number of nitrogens with one attached hydrogen (secondary N) is 1. The lowest BCUT2D eigenvalue weighted by molar-refractivity contribution is -0.131. The summed E-state index contributed by atoms with van der Waals surface area (Å²) in [6, 6.07) is 11.5. The van der Waals surface area contributed by atoms with Crippen LogP contribution in [0.25, 0.3) is 27.6 Å². The molecule has 1 N–H and O–H groups in total. The molecule has 0 atom stereocenters. The fourth-order valence-corrected chi connectivity index (χ4v) is 5.08. The van der Waals surface area contributed by atoms with Crippen molar-refractivity contribution in [2.45, 2.75) is 19.4 Å². The monoisotopic (exact) mass is 532 g/mol. The van der Waals surface area contributed by atoms with Crippen LogP contribution < -0.4 is 4.74 Å². The smallest absolute Gasteiger partial charge is 0.269 e. The van der Waals surface area contributed by atoms with Crippen molar-refractivity contribution in [3.63, 3.8) is 0 Å². The second kappa shape index (κ2) is 10.7. The Morgan fingerprint density at radius 2 is 2.05 bits per heavy atom. The third-order valence-corrected chi connectivity index (χ3v) is 7.06. The van der Waals surface area contributed by atoms with Crippen LogP contribution in [0.5, 0.6) is 5.75 Å². The number of aromatic amines is 1. The van der Waals surface area contributed by atoms with Crippen molar-refractivity contribution >= 4 is 39.9 Å². The first-order valence-electron chi connectivity index (χ1n) is 12.4. The first kappa shape index (κ1) is 25.5. The molecule has 4 aromatic rings. The predicted molar refractivity (Wildman–Crippen MR) is 147 cm³/mol. The van der Waals surface area contributed by atoms with Gasteiger partial charge in [-0.25, -0.2) is 0 Å². The number of carbonyl (C=O) groups excluding carboxylic acids is 2. The van der Waals surface area contributed by atoms with Gasteiger partial charge in [-0.1, -0.05) is 29.0 Å². The van der Waals surface area contributed by atoms with Gasteiger partial charge in [0.05, 0.1) is 24.9 Å². The summed E-state index contributed by atoms with van der Waals surface area (Å²) >= 11 is 6.70. The number of hydrogen-bond donors (Lipinski definition) is 1. The minimum absolute atomic E-state index is 0.0684. The van der Waals surface area contributed by atoms with E-state index in [1.165, 1.54) is 4.90 Å². The number of fused-ring (bicyclic) bond motifs is 1. The van der Waals surface area contributed by atoms with Crippen LogP contribution in [0.2, 0.25) is 5.02 Å². The highest BCUT2D eigenvalue weighted by molar-refractivity contribution is 6.34. The second-order valence-corrected chi connectivity index (χ2v) is 9.84. The molecule has 0 saturated heterocycles. The molecule has 0 bridgehead atoms. The third kappa shape index (κ3) is 5.02. The lowest BCUT2D eigenvalue weighted by Gasteiger charge is -2.28. The van der Waals surface area contributed by atoms with Crippen LogP contribution in [-0.4, -0.2) is 75.9 Å². The first-order valence-corrected chi connectivity index (χ1v) is 12.8. The van der Waals surface area contributed by atoms with E-state index in [2.05, 4.69) is 27.4 Å². The van der Waals surface area contributed by atoms with Crippen LogP contribution in [0.1, 0.15) is 28.9 Å². The average Bonchev–Trinajstić information content (AvgIpc) is 3.60. The van der Waals surface area contributed by atoms with Gasteiger partial charge in [0.2, 0.25) is 5.91 Å². The number of H-pyrrole nitrogens is 1. The van der Waals surface area contributed by atoms with Crippen LogP contribution in [-0.2, 0) is 11.3 Å². The summed E-state index contributed by atoms with van der Waals surface area (Å²) in [5.41, 5.74) is 4.88. The Hall–Kier alpha value is -4.11. The number of aromatic nitrogens is 4. The van der Waals surface area contributed by atoms with E-state index in [0.717, 1.165) is 39.6 Å². The topological polar surface area (TPSA) is 96.3 Å². The summed E-state index contributed by atoms with van der Waals surface area (Å²) in [5.74, 6) is 0.583. The second-order valence-electron chi connectivity index (χ2n) is 9.43. The molecule has 9 nitrogen and oxygen atoms in total. The highest BCUT2D eigenvalue weighted by atomic mass is 35.5. The number of nitrogens with zero attached hydrogens (tertiary/aromatic N) is 5. The molecular formula is C28H29ClN6O3. The molecule has 196 valence electrons. The van der Waals surface area contributed by atoms with Gasteiger partial charge in [-0.15, -0.1) is 5.10 Å². The van der Waals surface area contributed by atoms with Gasteiger partial charge >= 0.3 is 0 Å². The van der Waals surface area contributed by atoms with Crippen molar-refractivity contribution in [1.29, 1.82) is 0 Å². The fraction of sp³-hybridized carbons (Fsp3) is 0.286. The summed E-state index contributed by atoms with van der Waals surface area (Å²) in [6.07, 6.45) is 6.63. The van der Waals surface area contributed by atoms with Crippen molar-refractivity contribution in [2.24, 2.45) is 0 Å². The SMILES string of the molecule is COc1cccc(Cl)c1-c1cc(C2=CCCN(C(=O)CCn3ccnn3)C2)cc2[nH]c(C(=O)N(C)C)cc12. The number of hydrogen-bond acceptors (Lipinski definition) is 5. The van der Waals surface area contributed by atoms with Gasteiger partial charge < -0.3 is 19.5 Å². The largest absolute Gasteiger partial charge is 0.496 e.